The molecule has 0 unspecified atom stereocenters. The number of carbonyl (C=O) groups is 1. The molecule has 0 saturated heterocycles. The molecule has 0 aromatic rings. The molecular weight excluding hydrogens is 210 g/mol. The monoisotopic (exact) mass is 237 g/mol. The first-order chi connectivity index (χ1) is 8.33. The molecule has 1 rings (SSSR count). The molecule has 0 heterocycles. The summed E-state index contributed by atoms with van der Waals surface area (Å²) in [6, 6.07) is 0. The van der Waals surface area contributed by atoms with E-state index >= 15 is 0 Å². The maximum Gasteiger partial charge on any atom is 0.157 e. The molecule has 0 spiro atoms. The minimum atomic E-state index is 0.281. The van der Waals surface area contributed by atoms with E-state index in [2.05, 4.69) is 12.2 Å². The predicted octanol–water partition coefficient (Wildman–Crippen LogP) is 3.96. The molecule has 0 radical (unpaired) electrons. The van der Waals surface area contributed by atoms with Crippen molar-refractivity contribution in [3.05, 3.63) is 11.8 Å². The molecule has 1 aliphatic rings. The van der Waals surface area contributed by atoms with Crippen LogP contribution in [0.3, 0.4) is 0 Å². The predicted molar refractivity (Wildman–Crippen MR) is 72.9 cm³/mol. The normalized spacial score (nSPS) is 15.1. The SMILES string of the molecule is CCCCCCCCCCNC1=CC(=O)CC1. The summed E-state index contributed by atoms with van der Waals surface area (Å²) >= 11 is 0. The van der Waals surface area contributed by atoms with Crippen LogP contribution in [-0.4, -0.2) is 12.3 Å². The second kappa shape index (κ2) is 9.26. The van der Waals surface area contributed by atoms with E-state index in [1.807, 2.05) is 0 Å². The first-order valence-electron chi connectivity index (χ1n) is 7.30. The van der Waals surface area contributed by atoms with E-state index in [0.717, 1.165) is 18.7 Å². The summed E-state index contributed by atoms with van der Waals surface area (Å²) in [4.78, 5) is 11.0. The summed E-state index contributed by atoms with van der Waals surface area (Å²) in [6.07, 6.45) is 14.2. The lowest BCUT2D eigenvalue weighted by Gasteiger charge is -2.06. The molecule has 0 amide bonds. The van der Waals surface area contributed by atoms with Crippen molar-refractivity contribution in [1.82, 2.24) is 5.32 Å². The highest BCUT2D eigenvalue weighted by molar-refractivity contribution is 5.92. The lowest BCUT2D eigenvalue weighted by Crippen LogP contribution is -2.13. The van der Waals surface area contributed by atoms with E-state index < -0.39 is 0 Å². The van der Waals surface area contributed by atoms with Gasteiger partial charge in [-0.1, -0.05) is 51.9 Å². The fourth-order valence-corrected chi connectivity index (χ4v) is 2.24. The van der Waals surface area contributed by atoms with Gasteiger partial charge in [-0.2, -0.15) is 0 Å². The van der Waals surface area contributed by atoms with Crippen molar-refractivity contribution in [2.24, 2.45) is 0 Å². The Kier molecular flexibility index (Phi) is 7.78. The van der Waals surface area contributed by atoms with Gasteiger partial charge >= 0.3 is 0 Å². The van der Waals surface area contributed by atoms with E-state index in [-0.39, 0.29) is 5.78 Å². The van der Waals surface area contributed by atoms with Gasteiger partial charge in [-0.05, 0) is 12.8 Å². The smallest absolute Gasteiger partial charge is 0.157 e. The van der Waals surface area contributed by atoms with Crippen LogP contribution in [0.25, 0.3) is 0 Å². The van der Waals surface area contributed by atoms with Crippen molar-refractivity contribution >= 4 is 5.78 Å². The molecule has 1 aliphatic carbocycles. The molecule has 98 valence electrons. The van der Waals surface area contributed by atoms with Gasteiger partial charge in [-0.15, -0.1) is 0 Å². The van der Waals surface area contributed by atoms with E-state index in [1.165, 1.54) is 51.4 Å². The molecule has 0 aliphatic heterocycles. The Labute approximate surface area is 106 Å². The van der Waals surface area contributed by atoms with Crippen molar-refractivity contribution in [2.75, 3.05) is 6.54 Å². The van der Waals surface area contributed by atoms with Crippen LogP contribution >= 0.6 is 0 Å². The van der Waals surface area contributed by atoms with E-state index in [0.29, 0.717) is 6.42 Å². The van der Waals surface area contributed by atoms with E-state index in [9.17, 15) is 4.79 Å². The summed E-state index contributed by atoms with van der Waals surface area (Å²) in [7, 11) is 0. The Morgan fingerprint density at radius 1 is 1.00 bits per heavy atom. The summed E-state index contributed by atoms with van der Waals surface area (Å²) in [5, 5.41) is 3.36. The molecule has 1 N–H and O–H groups in total. The molecule has 0 fully saturated rings. The van der Waals surface area contributed by atoms with Gasteiger partial charge < -0.3 is 5.32 Å². The molecule has 0 aromatic carbocycles. The highest BCUT2D eigenvalue weighted by Gasteiger charge is 2.10. The zero-order valence-electron chi connectivity index (χ0n) is 11.3. The molecule has 0 bridgehead atoms. The van der Waals surface area contributed by atoms with Crippen LogP contribution in [0.4, 0.5) is 0 Å². The number of nitrogens with one attached hydrogen (secondary N) is 1. The Hall–Kier alpha value is -0.790. The second-order valence-corrected chi connectivity index (χ2v) is 5.04. The number of ketones is 1. The van der Waals surface area contributed by atoms with Crippen LogP contribution in [0.2, 0.25) is 0 Å². The fraction of sp³-hybridized carbons (Fsp3) is 0.800. The van der Waals surface area contributed by atoms with Crippen molar-refractivity contribution < 1.29 is 4.79 Å². The Bertz CT molecular complexity index is 245. The van der Waals surface area contributed by atoms with Gasteiger partial charge in [0.05, 0.1) is 0 Å². The standard InChI is InChI=1S/C15H27NO/c1-2-3-4-5-6-7-8-9-12-16-14-10-11-15(17)13-14/h13,16H,2-12H2,1H3. The van der Waals surface area contributed by atoms with Gasteiger partial charge in [-0.3, -0.25) is 4.79 Å². The van der Waals surface area contributed by atoms with Gasteiger partial charge in [-0.25, -0.2) is 0 Å². The highest BCUT2D eigenvalue weighted by atomic mass is 16.1. The number of rotatable bonds is 10. The van der Waals surface area contributed by atoms with Crippen LogP contribution in [0, 0.1) is 0 Å². The molecular formula is C15H27NO. The molecule has 0 atom stereocenters. The Morgan fingerprint density at radius 2 is 1.65 bits per heavy atom. The zero-order valence-corrected chi connectivity index (χ0v) is 11.3. The minimum absolute atomic E-state index is 0.281. The number of hydrogen-bond acceptors (Lipinski definition) is 2. The van der Waals surface area contributed by atoms with Crippen LogP contribution in [0.1, 0.15) is 71.1 Å². The van der Waals surface area contributed by atoms with Crippen LogP contribution in [-0.2, 0) is 4.79 Å². The Balaban J connectivity index is 1.82. The largest absolute Gasteiger partial charge is 0.388 e. The zero-order chi connectivity index (χ0) is 12.3. The summed E-state index contributed by atoms with van der Waals surface area (Å²) in [6.45, 7) is 3.29. The lowest BCUT2D eigenvalue weighted by atomic mass is 10.1. The summed E-state index contributed by atoms with van der Waals surface area (Å²) in [5.41, 5.74) is 1.15. The molecule has 2 nitrogen and oxygen atoms in total. The molecule has 0 aromatic heterocycles. The van der Waals surface area contributed by atoms with Crippen molar-refractivity contribution in [3.63, 3.8) is 0 Å². The first-order valence-corrected chi connectivity index (χ1v) is 7.30. The van der Waals surface area contributed by atoms with E-state index in [1.54, 1.807) is 6.08 Å². The van der Waals surface area contributed by atoms with Crippen LogP contribution in [0.5, 0.6) is 0 Å². The van der Waals surface area contributed by atoms with Gasteiger partial charge in [0.25, 0.3) is 0 Å². The van der Waals surface area contributed by atoms with E-state index in [4.69, 9.17) is 0 Å². The van der Waals surface area contributed by atoms with Crippen LogP contribution in [0.15, 0.2) is 11.8 Å². The maximum absolute atomic E-state index is 11.0. The minimum Gasteiger partial charge on any atom is -0.388 e. The third kappa shape index (κ3) is 7.19. The van der Waals surface area contributed by atoms with Gasteiger partial charge in [0.15, 0.2) is 5.78 Å². The topological polar surface area (TPSA) is 29.1 Å². The van der Waals surface area contributed by atoms with Gasteiger partial charge in [0, 0.05) is 24.7 Å². The fourth-order valence-electron chi connectivity index (χ4n) is 2.24. The summed E-state index contributed by atoms with van der Waals surface area (Å²) < 4.78 is 0. The molecule has 17 heavy (non-hydrogen) atoms. The molecule has 2 heteroatoms. The lowest BCUT2D eigenvalue weighted by molar-refractivity contribution is -0.114. The quantitative estimate of drug-likeness (QED) is 0.583. The van der Waals surface area contributed by atoms with Gasteiger partial charge in [0.2, 0.25) is 0 Å². The number of carbonyl (C=O) groups excluding carboxylic acids is 1. The van der Waals surface area contributed by atoms with Crippen molar-refractivity contribution in [3.8, 4) is 0 Å². The highest BCUT2D eigenvalue weighted by Crippen LogP contribution is 2.12. The number of hydrogen-bond donors (Lipinski definition) is 1. The second-order valence-electron chi connectivity index (χ2n) is 5.04. The average molecular weight is 237 g/mol. The van der Waals surface area contributed by atoms with Gasteiger partial charge in [0.1, 0.15) is 0 Å². The third-order valence-corrected chi connectivity index (χ3v) is 3.36. The number of allylic oxidation sites excluding steroid dienone is 2. The van der Waals surface area contributed by atoms with Crippen molar-refractivity contribution in [1.29, 1.82) is 0 Å². The van der Waals surface area contributed by atoms with Crippen LogP contribution < -0.4 is 5.32 Å². The summed E-state index contributed by atoms with van der Waals surface area (Å²) in [5.74, 6) is 0.281. The maximum atomic E-state index is 11.0. The average Bonchev–Trinajstić information content (AvgIpc) is 2.73. The first kappa shape index (κ1) is 14.3. The Morgan fingerprint density at radius 3 is 2.24 bits per heavy atom. The number of unbranched alkanes of at least 4 members (excludes halogenated alkanes) is 7. The van der Waals surface area contributed by atoms with Crippen molar-refractivity contribution in [2.45, 2.75) is 71.1 Å². The molecule has 0 saturated carbocycles. The third-order valence-electron chi connectivity index (χ3n) is 3.36.